The molecule has 0 heterocycles. The van der Waals surface area contributed by atoms with Gasteiger partial charge in [-0.1, -0.05) is 60.1 Å². The highest BCUT2D eigenvalue weighted by Gasteiger charge is 2.21. The van der Waals surface area contributed by atoms with Crippen molar-refractivity contribution in [1.82, 2.24) is 5.32 Å². The van der Waals surface area contributed by atoms with Gasteiger partial charge < -0.3 is 20.3 Å². The van der Waals surface area contributed by atoms with Crippen molar-refractivity contribution in [2.45, 2.75) is 58.8 Å². The number of aliphatic hydroxyl groups excluding tert-OH is 1. The molecule has 0 aliphatic heterocycles. The fraction of sp³-hybridized carbons (Fsp3) is 0.367. The molecular formula is C30H36ClNO4. The van der Waals surface area contributed by atoms with Crippen molar-refractivity contribution in [3.8, 4) is 11.1 Å². The van der Waals surface area contributed by atoms with Crippen LogP contribution in [0, 0.1) is 13.8 Å². The molecule has 3 rings (SSSR count). The molecule has 192 valence electrons. The highest BCUT2D eigenvalue weighted by atomic mass is 35.5. The van der Waals surface area contributed by atoms with Crippen molar-refractivity contribution in [2.75, 3.05) is 13.2 Å². The summed E-state index contributed by atoms with van der Waals surface area (Å²) in [4.78, 5) is 11.4. The van der Waals surface area contributed by atoms with Crippen LogP contribution in [0.3, 0.4) is 0 Å². The van der Waals surface area contributed by atoms with Crippen LogP contribution in [0.1, 0.15) is 59.5 Å². The number of aliphatic hydroxyl groups is 1. The molecule has 0 amide bonds. The lowest BCUT2D eigenvalue weighted by Crippen LogP contribution is -2.46. The summed E-state index contributed by atoms with van der Waals surface area (Å²) in [6.45, 7) is 10.6. The summed E-state index contributed by atoms with van der Waals surface area (Å²) >= 11 is 6.14. The van der Waals surface area contributed by atoms with Crippen LogP contribution >= 0.6 is 11.6 Å². The van der Waals surface area contributed by atoms with Gasteiger partial charge in [0.1, 0.15) is 0 Å². The molecule has 0 spiro atoms. The zero-order valence-electron chi connectivity index (χ0n) is 21.6. The molecule has 2 atom stereocenters. The number of carbonyl (C=O) groups is 1. The Bertz CT molecular complexity index is 1210. The first-order valence-electron chi connectivity index (χ1n) is 12.2. The van der Waals surface area contributed by atoms with Crippen LogP contribution in [-0.4, -0.2) is 41.0 Å². The Hall–Kier alpha value is -2.70. The molecule has 0 aliphatic rings. The second-order valence-corrected chi connectivity index (χ2v) is 10.5. The van der Waals surface area contributed by atoms with Crippen LogP contribution in [-0.2, 0) is 11.2 Å². The number of halogens is 1. The Morgan fingerprint density at radius 1 is 1.06 bits per heavy atom. The summed E-state index contributed by atoms with van der Waals surface area (Å²) in [7, 11) is 0. The van der Waals surface area contributed by atoms with Crippen molar-refractivity contribution in [3.05, 3.63) is 93.5 Å². The lowest BCUT2D eigenvalue weighted by Gasteiger charge is -2.28. The maximum atomic E-state index is 11.4. The predicted molar refractivity (Wildman–Crippen MR) is 146 cm³/mol. The van der Waals surface area contributed by atoms with E-state index in [9.17, 15) is 15.0 Å². The summed E-state index contributed by atoms with van der Waals surface area (Å²) in [6, 6.07) is 19.3. The van der Waals surface area contributed by atoms with Gasteiger partial charge >= 0.3 is 5.97 Å². The third-order valence-electron chi connectivity index (χ3n) is 6.39. The van der Waals surface area contributed by atoms with E-state index in [-0.39, 0.29) is 18.2 Å². The van der Waals surface area contributed by atoms with Gasteiger partial charge in [0.05, 0.1) is 24.4 Å². The van der Waals surface area contributed by atoms with E-state index in [0.29, 0.717) is 17.7 Å². The molecule has 0 bridgehead atoms. The van der Waals surface area contributed by atoms with Crippen molar-refractivity contribution in [3.63, 3.8) is 0 Å². The van der Waals surface area contributed by atoms with E-state index in [0.717, 1.165) is 33.7 Å². The smallest absolute Gasteiger partial charge is 0.335 e. The van der Waals surface area contributed by atoms with Crippen LogP contribution in [0.15, 0.2) is 60.7 Å². The largest absolute Gasteiger partial charge is 0.478 e. The first-order valence-corrected chi connectivity index (χ1v) is 12.6. The Labute approximate surface area is 219 Å². The molecule has 0 saturated heterocycles. The summed E-state index contributed by atoms with van der Waals surface area (Å²) in [5.41, 5.74) is 5.95. The topological polar surface area (TPSA) is 78.8 Å². The zero-order chi connectivity index (χ0) is 26.5. The number of nitrogens with one attached hydrogen (secondary N) is 1. The van der Waals surface area contributed by atoms with E-state index < -0.39 is 12.1 Å². The molecular weight excluding hydrogens is 474 g/mol. The molecule has 0 aromatic heterocycles. The lowest BCUT2D eigenvalue weighted by atomic mass is 9.94. The summed E-state index contributed by atoms with van der Waals surface area (Å²) in [5.74, 6) is -0.932. The maximum absolute atomic E-state index is 11.4. The minimum absolute atomic E-state index is 0.190. The molecule has 36 heavy (non-hydrogen) atoms. The van der Waals surface area contributed by atoms with Crippen LogP contribution < -0.4 is 5.32 Å². The number of aryl methyl sites for hydroxylation is 2. The first-order chi connectivity index (χ1) is 17.0. The maximum Gasteiger partial charge on any atom is 0.335 e. The van der Waals surface area contributed by atoms with E-state index in [1.807, 2.05) is 62.4 Å². The molecule has 3 aromatic rings. The molecule has 1 unspecified atom stereocenters. The third kappa shape index (κ3) is 7.40. The van der Waals surface area contributed by atoms with Crippen LogP contribution in [0.2, 0.25) is 5.02 Å². The summed E-state index contributed by atoms with van der Waals surface area (Å²) in [6.07, 6.45) is -0.106. The Morgan fingerprint density at radius 2 is 1.78 bits per heavy atom. The van der Waals surface area contributed by atoms with E-state index in [1.54, 1.807) is 13.0 Å². The number of carboxylic acid groups (broad SMARTS) is 1. The molecule has 0 saturated carbocycles. The Morgan fingerprint density at radius 3 is 2.44 bits per heavy atom. The van der Waals surface area contributed by atoms with Gasteiger partial charge in [-0.3, -0.25) is 0 Å². The fourth-order valence-corrected chi connectivity index (χ4v) is 4.49. The average Bonchev–Trinajstić information content (AvgIpc) is 2.83. The van der Waals surface area contributed by atoms with Crippen molar-refractivity contribution >= 4 is 17.6 Å². The highest BCUT2D eigenvalue weighted by molar-refractivity contribution is 6.31. The fourth-order valence-electron chi connectivity index (χ4n) is 4.37. The van der Waals surface area contributed by atoms with Crippen molar-refractivity contribution in [1.29, 1.82) is 0 Å². The van der Waals surface area contributed by atoms with Gasteiger partial charge in [0.15, 0.2) is 0 Å². The lowest BCUT2D eigenvalue weighted by molar-refractivity contribution is -0.00397. The van der Waals surface area contributed by atoms with E-state index >= 15 is 0 Å². The van der Waals surface area contributed by atoms with Crippen LogP contribution in [0.5, 0.6) is 0 Å². The molecule has 0 fully saturated rings. The molecule has 0 radical (unpaired) electrons. The zero-order valence-corrected chi connectivity index (χ0v) is 22.4. The Kier molecular flexibility index (Phi) is 9.31. The van der Waals surface area contributed by atoms with Gasteiger partial charge in [0.2, 0.25) is 0 Å². The highest BCUT2D eigenvalue weighted by Crippen LogP contribution is 2.31. The van der Waals surface area contributed by atoms with Crippen LogP contribution in [0.4, 0.5) is 0 Å². The molecule has 3 aromatic carbocycles. The predicted octanol–water partition coefficient (Wildman–Crippen LogP) is 6.37. The number of hydrogen-bond acceptors (Lipinski definition) is 4. The molecule has 0 aliphatic carbocycles. The molecule has 6 heteroatoms. The third-order valence-corrected chi connectivity index (χ3v) is 6.81. The number of β-amino-alcohol motifs (C(OH)–C–C–N with tert-alkyl or cyclic N) is 1. The monoisotopic (exact) mass is 509 g/mol. The van der Waals surface area contributed by atoms with Gasteiger partial charge in [0, 0.05) is 17.1 Å². The summed E-state index contributed by atoms with van der Waals surface area (Å²) < 4.78 is 6.06. The van der Waals surface area contributed by atoms with Crippen molar-refractivity contribution in [2.24, 2.45) is 0 Å². The SMILES string of the molecule is Cc1cc(CC(C)(C)NC[C@@H](O)COC(C)c2ccccc2-c2ccc(C(=O)O)c(C)c2)ccc1Cl. The number of carboxylic acids is 1. The number of ether oxygens (including phenoxy) is 1. The molecule has 5 nitrogen and oxygen atoms in total. The number of hydrogen-bond donors (Lipinski definition) is 3. The number of benzene rings is 3. The average molecular weight is 510 g/mol. The Balaban J connectivity index is 1.59. The minimum atomic E-state index is -0.932. The number of rotatable bonds is 11. The van der Waals surface area contributed by atoms with E-state index in [1.165, 1.54) is 5.56 Å². The van der Waals surface area contributed by atoms with Gasteiger partial charge in [-0.2, -0.15) is 0 Å². The van der Waals surface area contributed by atoms with Gasteiger partial charge in [-0.05, 0) is 86.6 Å². The summed E-state index contributed by atoms with van der Waals surface area (Å²) in [5, 5.41) is 24.1. The van der Waals surface area contributed by atoms with Gasteiger partial charge in [-0.25, -0.2) is 4.79 Å². The minimum Gasteiger partial charge on any atom is -0.478 e. The van der Waals surface area contributed by atoms with E-state index in [4.69, 9.17) is 16.3 Å². The standard InChI is InChI=1S/C30H36ClNO4/c1-19-15-23(11-12-25(19)29(34)35)27-9-7-6-8-26(27)21(3)36-18-24(33)17-32-30(4,5)16-22-10-13-28(31)20(2)14-22/h6-15,21,24,32-33H,16-18H2,1-5H3,(H,34,35)/t21?,24-/m1/s1. The quantitative estimate of drug-likeness (QED) is 0.280. The van der Waals surface area contributed by atoms with Gasteiger partial charge in [0.25, 0.3) is 0 Å². The van der Waals surface area contributed by atoms with Gasteiger partial charge in [-0.15, -0.1) is 0 Å². The first kappa shape index (κ1) is 27.9. The van der Waals surface area contributed by atoms with E-state index in [2.05, 4.69) is 25.2 Å². The van der Waals surface area contributed by atoms with Crippen LogP contribution in [0.25, 0.3) is 11.1 Å². The number of aromatic carboxylic acids is 1. The molecule has 3 N–H and O–H groups in total. The normalized spacial score (nSPS) is 13.4. The van der Waals surface area contributed by atoms with Crippen molar-refractivity contribution < 1.29 is 19.7 Å². The second-order valence-electron chi connectivity index (χ2n) is 10.1. The second kappa shape index (κ2) is 12.0.